The molecule has 20 heavy (non-hydrogen) atoms. The largest absolute Gasteiger partial charge is 0.752 e. The summed E-state index contributed by atoms with van der Waals surface area (Å²) in [5.41, 5.74) is 0. The van der Waals surface area contributed by atoms with E-state index in [0.29, 0.717) is 0 Å². The predicted molar refractivity (Wildman–Crippen MR) is 79.9 cm³/mol. The zero-order valence-corrected chi connectivity index (χ0v) is 14.5. The van der Waals surface area contributed by atoms with Crippen molar-refractivity contribution in [3.05, 3.63) is 0 Å². The van der Waals surface area contributed by atoms with E-state index >= 15 is 0 Å². The number of quaternary nitrogens is 1. The van der Waals surface area contributed by atoms with Crippen molar-refractivity contribution in [3.63, 3.8) is 0 Å². The van der Waals surface area contributed by atoms with E-state index in [2.05, 4.69) is 20.8 Å². The molecule has 0 saturated heterocycles. The van der Waals surface area contributed by atoms with Gasteiger partial charge in [-0.2, -0.15) is 4.65 Å². The van der Waals surface area contributed by atoms with E-state index in [1.165, 1.54) is 0 Å². The smallest absolute Gasteiger partial charge is 0.325 e. The monoisotopic (exact) mass is 309 g/mol. The molecule has 0 saturated carbocycles. The molecule has 0 aliphatic rings. The second-order valence-electron chi connectivity index (χ2n) is 5.24. The van der Waals surface area contributed by atoms with Crippen LogP contribution in [0.25, 0.3) is 0 Å². The number of hydroxylamine groups is 3. The molecule has 5 nitrogen and oxygen atoms in total. The van der Waals surface area contributed by atoms with Crippen molar-refractivity contribution >= 4 is 7.82 Å². The Kier molecular flexibility index (Phi) is 10.8. The van der Waals surface area contributed by atoms with Crippen LogP contribution in [0.2, 0.25) is 0 Å². The zero-order chi connectivity index (χ0) is 15.5. The SMILES string of the molecule is CCCC[N+](CCCC)(CCCC)OP(=O)([O-])OCC. The average Bonchev–Trinajstić information content (AvgIpc) is 2.40. The average molecular weight is 309 g/mol. The van der Waals surface area contributed by atoms with Crippen LogP contribution in [0.4, 0.5) is 0 Å². The molecule has 0 radical (unpaired) electrons. The van der Waals surface area contributed by atoms with Crippen molar-refractivity contribution in [1.29, 1.82) is 0 Å². The fourth-order valence-corrected chi connectivity index (χ4v) is 3.22. The molecule has 6 heteroatoms. The molecular formula is C14H32NO4P. The summed E-state index contributed by atoms with van der Waals surface area (Å²) in [7, 11) is -4.21. The maximum Gasteiger partial charge on any atom is 0.325 e. The molecule has 0 aliphatic heterocycles. The number of phosphoric acid groups is 1. The third-order valence-electron chi connectivity index (χ3n) is 3.32. The van der Waals surface area contributed by atoms with E-state index in [1.54, 1.807) is 6.92 Å². The Morgan fingerprint density at radius 2 is 1.30 bits per heavy atom. The highest BCUT2D eigenvalue weighted by Gasteiger charge is 2.33. The Morgan fingerprint density at radius 3 is 1.60 bits per heavy atom. The Bertz CT molecular complexity index is 265. The summed E-state index contributed by atoms with van der Waals surface area (Å²) in [5, 5.41) is 0. The van der Waals surface area contributed by atoms with Crippen LogP contribution in [0.5, 0.6) is 0 Å². The molecule has 0 aromatic carbocycles. The number of unbranched alkanes of at least 4 members (excludes halogenated alkanes) is 3. The van der Waals surface area contributed by atoms with Crippen molar-refractivity contribution < 1.29 is 23.3 Å². The summed E-state index contributed by atoms with van der Waals surface area (Å²) >= 11 is 0. The summed E-state index contributed by atoms with van der Waals surface area (Å²) in [5.74, 6) is 0. The summed E-state index contributed by atoms with van der Waals surface area (Å²) in [4.78, 5) is 11.9. The highest BCUT2D eigenvalue weighted by Crippen LogP contribution is 2.42. The fourth-order valence-electron chi connectivity index (χ4n) is 2.19. The van der Waals surface area contributed by atoms with Gasteiger partial charge in [-0.1, -0.05) is 40.0 Å². The van der Waals surface area contributed by atoms with E-state index in [9.17, 15) is 9.46 Å². The van der Waals surface area contributed by atoms with Gasteiger partial charge >= 0.3 is 7.82 Å². The van der Waals surface area contributed by atoms with Gasteiger partial charge in [0.15, 0.2) is 0 Å². The quantitative estimate of drug-likeness (QED) is 0.296. The third-order valence-corrected chi connectivity index (χ3v) is 4.44. The van der Waals surface area contributed by atoms with Gasteiger partial charge in [-0.05, 0) is 26.2 Å². The summed E-state index contributed by atoms with van der Waals surface area (Å²) in [6.07, 6.45) is 5.96. The first-order valence-corrected chi connectivity index (χ1v) is 9.44. The van der Waals surface area contributed by atoms with Gasteiger partial charge in [0, 0.05) is 0 Å². The van der Waals surface area contributed by atoms with Gasteiger partial charge < -0.3 is 9.42 Å². The first-order valence-electron chi connectivity index (χ1n) is 7.98. The number of hydrogen-bond donors (Lipinski definition) is 0. The topological polar surface area (TPSA) is 58.6 Å². The van der Waals surface area contributed by atoms with Crippen molar-refractivity contribution in [2.24, 2.45) is 0 Å². The number of nitrogens with zero attached hydrogens (tertiary/aromatic N) is 1. The normalized spacial score (nSPS) is 15.2. The van der Waals surface area contributed by atoms with Gasteiger partial charge in [0.1, 0.15) is 19.6 Å². The van der Waals surface area contributed by atoms with E-state index in [0.717, 1.165) is 58.2 Å². The number of rotatable bonds is 13. The van der Waals surface area contributed by atoms with Gasteiger partial charge in [-0.15, -0.1) is 4.62 Å². The minimum absolute atomic E-state index is 0.121. The lowest BCUT2D eigenvalue weighted by Crippen LogP contribution is -2.50. The molecule has 0 amide bonds. The Balaban J connectivity index is 4.96. The van der Waals surface area contributed by atoms with Crippen LogP contribution in [0, 0.1) is 0 Å². The Morgan fingerprint density at radius 1 is 0.900 bits per heavy atom. The first kappa shape index (κ1) is 20.1. The Hall–Kier alpha value is 0.0700. The molecule has 0 N–H and O–H groups in total. The molecule has 0 bridgehead atoms. The molecule has 0 rings (SSSR count). The van der Waals surface area contributed by atoms with Gasteiger partial charge in [0.25, 0.3) is 0 Å². The first-order chi connectivity index (χ1) is 9.45. The third kappa shape index (κ3) is 8.38. The molecule has 0 heterocycles. The lowest BCUT2D eigenvalue weighted by Gasteiger charge is -2.39. The molecule has 0 fully saturated rings. The molecule has 0 spiro atoms. The van der Waals surface area contributed by atoms with Crippen LogP contribution in [0.3, 0.4) is 0 Å². The maximum atomic E-state index is 11.9. The second kappa shape index (κ2) is 10.7. The molecule has 1 atom stereocenters. The lowest BCUT2D eigenvalue weighted by atomic mass is 10.2. The molecule has 0 aromatic heterocycles. The molecular weight excluding hydrogens is 277 g/mol. The van der Waals surface area contributed by atoms with Gasteiger partial charge in [0.2, 0.25) is 0 Å². The van der Waals surface area contributed by atoms with E-state index in [1.807, 2.05) is 0 Å². The van der Waals surface area contributed by atoms with Crippen LogP contribution in [0.1, 0.15) is 66.2 Å². The highest BCUT2D eigenvalue weighted by atomic mass is 31.2. The van der Waals surface area contributed by atoms with Gasteiger partial charge in [-0.25, -0.2) is 0 Å². The lowest BCUT2D eigenvalue weighted by molar-refractivity contribution is -1.08. The van der Waals surface area contributed by atoms with E-state index in [-0.39, 0.29) is 11.3 Å². The van der Waals surface area contributed by atoms with Crippen LogP contribution in [-0.2, 0) is 13.7 Å². The zero-order valence-electron chi connectivity index (χ0n) is 13.6. The maximum absolute atomic E-state index is 11.9. The van der Waals surface area contributed by atoms with E-state index in [4.69, 9.17) is 9.15 Å². The number of hydrogen-bond acceptors (Lipinski definition) is 4. The fraction of sp³-hybridized carbons (Fsp3) is 1.00. The Labute approximate surface area is 124 Å². The molecule has 122 valence electrons. The van der Waals surface area contributed by atoms with Gasteiger partial charge in [0.05, 0.1) is 6.61 Å². The van der Waals surface area contributed by atoms with Crippen LogP contribution < -0.4 is 4.89 Å². The van der Waals surface area contributed by atoms with Crippen molar-refractivity contribution in [1.82, 2.24) is 0 Å². The van der Waals surface area contributed by atoms with Crippen LogP contribution in [-0.4, -0.2) is 30.9 Å². The van der Waals surface area contributed by atoms with E-state index < -0.39 is 7.82 Å². The van der Waals surface area contributed by atoms with Crippen molar-refractivity contribution in [2.75, 3.05) is 26.2 Å². The molecule has 1 unspecified atom stereocenters. The molecule has 0 aliphatic carbocycles. The van der Waals surface area contributed by atoms with Crippen LogP contribution in [0.15, 0.2) is 0 Å². The minimum Gasteiger partial charge on any atom is -0.752 e. The summed E-state index contributed by atoms with van der Waals surface area (Å²) in [6, 6.07) is 0. The van der Waals surface area contributed by atoms with Crippen LogP contribution >= 0.6 is 7.82 Å². The minimum atomic E-state index is -4.21. The van der Waals surface area contributed by atoms with Gasteiger partial charge in [-0.3, -0.25) is 4.57 Å². The second-order valence-corrected chi connectivity index (χ2v) is 6.55. The molecule has 0 aromatic rings. The highest BCUT2D eigenvalue weighted by molar-refractivity contribution is 7.45. The van der Waals surface area contributed by atoms with Crippen molar-refractivity contribution in [2.45, 2.75) is 66.2 Å². The summed E-state index contributed by atoms with van der Waals surface area (Å²) < 4.78 is 22.4. The standard InChI is InChI=1S/C14H32NO4P/c1-5-9-12-15(13-10-6-2,14-11-7-3)19-20(16,17)18-8-4/h5-14H2,1-4H3. The van der Waals surface area contributed by atoms with Crippen molar-refractivity contribution in [3.8, 4) is 0 Å². The predicted octanol–water partition coefficient (Wildman–Crippen LogP) is 3.64. The number of phosphoric ester groups is 1. The summed E-state index contributed by atoms with van der Waals surface area (Å²) in [6.45, 7) is 10.3.